The summed E-state index contributed by atoms with van der Waals surface area (Å²) in [6, 6.07) is 3.12. The van der Waals surface area contributed by atoms with Crippen LogP contribution in [0.1, 0.15) is 22.8 Å². The minimum absolute atomic E-state index is 0.00807. The molecule has 118 valence electrons. The first kappa shape index (κ1) is 14.6. The van der Waals surface area contributed by atoms with E-state index in [-0.39, 0.29) is 24.2 Å². The summed E-state index contributed by atoms with van der Waals surface area (Å²) in [5.74, 6) is 0.471. The molecule has 0 spiro atoms. The fraction of sp³-hybridized carbons (Fsp3) is 0.467. The molecule has 2 N–H and O–H groups in total. The molecular weight excluding hydrogens is 288 g/mol. The third-order valence-electron chi connectivity index (χ3n) is 4.28. The number of ketones is 1. The number of carbonyl (C=O) groups is 2. The maximum absolute atomic E-state index is 11.7. The Morgan fingerprint density at radius 3 is 2.86 bits per heavy atom. The van der Waals surface area contributed by atoms with Gasteiger partial charge in [0.25, 0.3) is 0 Å². The first-order valence-electron chi connectivity index (χ1n) is 7.20. The van der Waals surface area contributed by atoms with E-state index < -0.39 is 6.09 Å². The lowest BCUT2D eigenvalue weighted by Gasteiger charge is -2.38. The van der Waals surface area contributed by atoms with Crippen LogP contribution in [0.5, 0.6) is 11.5 Å². The second-order valence-corrected chi connectivity index (χ2v) is 5.70. The Labute approximate surface area is 127 Å². The molecule has 2 heterocycles. The van der Waals surface area contributed by atoms with Crippen LogP contribution in [-0.4, -0.2) is 64.2 Å². The number of hydrogen-bond acceptors (Lipinski definition) is 5. The summed E-state index contributed by atoms with van der Waals surface area (Å²) in [4.78, 5) is 26.2. The number of fused-ring (bicyclic) bond motifs is 1. The standard InChI is InChI=1S/C15H18N2O5/c1-9-6-17(15(20)21)5-4-16(9)7-11-12(18)3-2-10-13(19)8-22-14(10)11/h2-3,9,18H,4-8H2,1H3,(H,20,21)/t9-/m0/s1. The number of Topliss-reactive ketones (excluding diaryl/α,β-unsaturated/α-hetero) is 1. The molecule has 0 aromatic heterocycles. The lowest BCUT2D eigenvalue weighted by Crippen LogP contribution is -2.52. The molecule has 7 heteroatoms. The number of benzene rings is 1. The van der Waals surface area contributed by atoms with E-state index in [0.717, 1.165) is 0 Å². The van der Waals surface area contributed by atoms with E-state index in [1.54, 1.807) is 6.07 Å². The van der Waals surface area contributed by atoms with Gasteiger partial charge in [0.1, 0.15) is 11.5 Å². The van der Waals surface area contributed by atoms with Crippen molar-refractivity contribution in [2.75, 3.05) is 26.2 Å². The van der Waals surface area contributed by atoms with E-state index in [1.807, 2.05) is 6.92 Å². The fourth-order valence-electron chi connectivity index (χ4n) is 2.98. The molecule has 1 saturated heterocycles. The van der Waals surface area contributed by atoms with Gasteiger partial charge in [-0.25, -0.2) is 4.79 Å². The van der Waals surface area contributed by atoms with Crippen LogP contribution in [0.15, 0.2) is 12.1 Å². The molecule has 0 saturated carbocycles. The van der Waals surface area contributed by atoms with Gasteiger partial charge in [0.2, 0.25) is 5.78 Å². The number of carbonyl (C=O) groups excluding carboxylic acids is 1. The normalized spacial score (nSPS) is 21.6. The van der Waals surface area contributed by atoms with Gasteiger partial charge >= 0.3 is 6.09 Å². The van der Waals surface area contributed by atoms with Gasteiger partial charge in [-0.3, -0.25) is 9.69 Å². The fourth-order valence-corrected chi connectivity index (χ4v) is 2.98. The highest BCUT2D eigenvalue weighted by atomic mass is 16.5. The summed E-state index contributed by atoms with van der Waals surface area (Å²) in [5.41, 5.74) is 1.10. The molecule has 0 unspecified atom stereocenters. The van der Waals surface area contributed by atoms with E-state index in [4.69, 9.17) is 9.84 Å². The second kappa shape index (κ2) is 5.49. The Kier molecular flexibility index (Phi) is 3.66. The molecule has 7 nitrogen and oxygen atoms in total. The van der Waals surface area contributed by atoms with E-state index in [1.165, 1.54) is 11.0 Å². The van der Waals surface area contributed by atoms with Crippen LogP contribution in [0.4, 0.5) is 4.79 Å². The molecule has 1 atom stereocenters. The monoisotopic (exact) mass is 306 g/mol. The second-order valence-electron chi connectivity index (χ2n) is 5.70. The number of rotatable bonds is 2. The maximum Gasteiger partial charge on any atom is 0.407 e. The molecule has 2 aliphatic heterocycles. The van der Waals surface area contributed by atoms with Crippen LogP contribution in [0.25, 0.3) is 0 Å². The van der Waals surface area contributed by atoms with E-state index in [9.17, 15) is 14.7 Å². The van der Waals surface area contributed by atoms with Gasteiger partial charge in [0.05, 0.1) is 11.1 Å². The zero-order chi connectivity index (χ0) is 15.9. The number of carboxylic acid groups (broad SMARTS) is 1. The number of piperazine rings is 1. The van der Waals surface area contributed by atoms with Crippen molar-refractivity contribution in [2.45, 2.75) is 19.5 Å². The molecule has 0 radical (unpaired) electrons. The van der Waals surface area contributed by atoms with Crippen molar-refractivity contribution < 1.29 is 24.5 Å². The Balaban J connectivity index is 1.80. The molecule has 0 aliphatic carbocycles. The number of ether oxygens (including phenoxy) is 1. The van der Waals surface area contributed by atoms with Gasteiger partial charge < -0.3 is 19.8 Å². The van der Waals surface area contributed by atoms with Gasteiger partial charge in [-0.2, -0.15) is 0 Å². The van der Waals surface area contributed by atoms with Crippen LogP contribution >= 0.6 is 0 Å². The Hall–Kier alpha value is -2.28. The predicted octanol–water partition coefficient (Wildman–Crippen LogP) is 1.15. The average molecular weight is 306 g/mol. The molecule has 3 rings (SSSR count). The maximum atomic E-state index is 11.7. The van der Waals surface area contributed by atoms with Gasteiger partial charge in [0, 0.05) is 32.2 Å². The highest BCUT2D eigenvalue weighted by Crippen LogP contribution is 2.36. The SMILES string of the molecule is C[C@H]1CN(C(=O)O)CCN1Cc1c(O)ccc2c1OCC2=O. The van der Waals surface area contributed by atoms with Crippen molar-refractivity contribution in [1.82, 2.24) is 9.80 Å². The van der Waals surface area contributed by atoms with Gasteiger partial charge in [-0.1, -0.05) is 0 Å². The Morgan fingerprint density at radius 2 is 2.18 bits per heavy atom. The number of nitrogens with zero attached hydrogens (tertiary/aromatic N) is 2. The smallest absolute Gasteiger partial charge is 0.407 e. The first-order chi connectivity index (χ1) is 10.5. The predicted molar refractivity (Wildman–Crippen MR) is 77.4 cm³/mol. The summed E-state index contributed by atoms with van der Waals surface area (Å²) >= 11 is 0. The van der Waals surface area contributed by atoms with Crippen molar-refractivity contribution in [2.24, 2.45) is 0 Å². The third kappa shape index (κ3) is 2.48. The molecule has 1 amide bonds. The lowest BCUT2D eigenvalue weighted by atomic mass is 10.0. The molecule has 22 heavy (non-hydrogen) atoms. The highest BCUT2D eigenvalue weighted by Gasteiger charge is 2.30. The van der Waals surface area contributed by atoms with Gasteiger partial charge in [-0.05, 0) is 19.1 Å². The number of aromatic hydroxyl groups is 1. The van der Waals surface area contributed by atoms with Gasteiger partial charge in [-0.15, -0.1) is 0 Å². The van der Waals surface area contributed by atoms with Gasteiger partial charge in [0.15, 0.2) is 6.61 Å². The molecular formula is C15H18N2O5. The van der Waals surface area contributed by atoms with Crippen LogP contribution in [-0.2, 0) is 6.54 Å². The lowest BCUT2D eigenvalue weighted by molar-refractivity contribution is 0.0703. The summed E-state index contributed by atoms with van der Waals surface area (Å²) in [6.07, 6.45) is -0.913. The van der Waals surface area contributed by atoms with Crippen molar-refractivity contribution in [3.63, 3.8) is 0 Å². The summed E-state index contributed by atoms with van der Waals surface area (Å²) in [6.45, 7) is 3.80. The molecule has 1 fully saturated rings. The zero-order valence-corrected chi connectivity index (χ0v) is 12.3. The Morgan fingerprint density at radius 1 is 1.41 bits per heavy atom. The summed E-state index contributed by atoms with van der Waals surface area (Å²) in [7, 11) is 0. The van der Waals surface area contributed by atoms with E-state index in [0.29, 0.717) is 43.1 Å². The Bertz CT molecular complexity index is 631. The first-order valence-corrected chi connectivity index (χ1v) is 7.20. The minimum atomic E-state index is -0.913. The van der Waals surface area contributed by atoms with Crippen LogP contribution in [0.3, 0.4) is 0 Å². The average Bonchev–Trinajstić information content (AvgIpc) is 2.85. The molecule has 0 bridgehead atoms. The number of phenols is 1. The molecule has 1 aromatic rings. The highest BCUT2D eigenvalue weighted by molar-refractivity contribution is 6.02. The van der Waals surface area contributed by atoms with Crippen LogP contribution < -0.4 is 4.74 Å². The topological polar surface area (TPSA) is 90.3 Å². The number of amides is 1. The van der Waals surface area contributed by atoms with Crippen molar-refractivity contribution >= 4 is 11.9 Å². The van der Waals surface area contributed by atoms with E-state index >= 15 is 0 Å². The van der Waals surface area contributed by atoms with Crippen LogP contribution in [0, 0.1) is 0 Å². The number of hydrogen-bond donors (Lipinski definition) is 2. The van der Waals surface area contributed by atoms with Crippen LogP contribution in [0.2, 0.25) is 0 Å². The summed E-state index contributed by atoms with van der Waals surface area (Å²) in [5, 5.41) is 19.1. The minimum Gasteiger partial charge on any atom is -0.507 e. The zero-order valence-electron chi connectivity index (χ0n) is 12.3. The molecule has 1 aromatic carbocycles. The largest absolute Gasteiger partial charge is 0.507 e. The van der Waals surface area contributed by atoms with Crippen molar-refractivity contribution in [3.05, 3.63) is 23.3 Å². The third-order valence-corrected chi connectivity index (χ3v) is 4.28. The number of phenolic OH excluding ortho intramolecular Hbond substituents is 1. The van der Waals surface area contributed by atoms with E-state index in [2.05, 4.69) is 4.90 Å². The summed E-state index contributed by atoms with van der Waals surface area (Å²) < 4.78 is 5.42. The van der Waals surface area contributed by atoms with Crippen molar-refractivity contribution in [3.8, 4) is 11.5 Å². The van der Waals surface area contributed by atoms with Crippen molar-refractivity contribution in [1.29, 1.82) is 0 Å². The molecule has 2 aliphatic rings. The quantitative estimate of drug-likeness (QED) is 0.852.